The van der Waals surface area contributed by atoms with E-state index in [1.807, 2.05) is 17.3 Å². The molecule has 204 valence electrons. The zero-order valence-corrected chi connectivity index (χ0v) is 22.7. The van der Waals surface area contributed by atoms with Crippen molar-refractivity contribution in [3.8, 4) is 11.3 Å². The van der Waals surface area contributed by atoms with E-state index < -0.39 is 0 Å². The van der Waals surface area contributed by atoms with E-state index in [1.165, 1.54) is 16.5 Å². The highest BCUT2D eigenvalue weighted by Gasteiger charge is 2.31. The Labute approximate surface area is 228 Å². The van der Waals surface area contributed by atoms with Gasteiger partial charge in [-0.1, -0.05) is 19.9 Å². The molecule has 39 heavy (non-hydrogen) atoms. The van der Waals surface area contributed by atoms with Gasteiger partial charge in [0.25, 0.3) is 0 Å². The number of carbonyl (C=O) groups excluding carboxylic acids is 2. The summed E-state index contributed by atoms with van der Waals surface area (Å²) in [4.78, 5) is 36.7. The molecule has 0 spiro atoms. The Balaban J connectivity index is 1.19. The number of H-pyrrole nitrogens is 2. The van der Waals surface area contributed by atoms with E-state index in [1.54, 1.807) is 0 Å². The molecule has 5 heterocycles. The maximum absolute atomic E-state index is 13.1. The Morgan fingerprint density at radius 2 is 1.92 bits per heavy atom. The van der Waals surface area contributed by atoms with Crippen LogP contribution < -0.4 is 5.73 Å². The quantitative estimate of drug-likeness (QED) is 0.331. The second-order valence-electron chi connectivity index (χ2n) is 11.5. The van der Waals surface area contributed by atoms with Crippen molar-refractivity contribution >= 4 is 33.8 Å². The maximum Gasteiger partial charge on any atom is 0.236 e. The zero-order chi connectivity index (χ0) is 27.1. The lowest BCUT2D eigenvalue weighted by molar-refractivity contribution is -0.134. The third-order valence-corrected chi connectivity index (χ3v) is 8.66. The van der Waals surface area contributed by atoms with Crippen LogP contribution in [0.15, 0.2) is 36.7 Å². The topological polar surface area (TPSA) is 124 Å². The number of rotatable bonds is 7. The lowest BCUT2D eigenvalue weighted by Crippen LogP contribution is -2.45. The third-order valence-electron chi connectivity index (χ3n) is 8.66. The molecular weight excluding hydrogens is 490 g/mol. The van der Waals surface area contributed by atoms with Crippen LogP contribution in [0.4, 0.5) is 0 Å². The Morgan fingerprint density at radius 3 is 2.69 bits per heavy atom. The lowest BCUT2D eigenvalue weighted by atomic mass is 9.87. The molecular formula is C30H37N7O2. The van der Waals surface area contributed by atoms with E-state index in [4.69, 9.17) is 5.73 Å². The molecule has 4 aromatic rings. The van der Waals surface area contributed by atoms with Crippen LogP contribution in [0.2, 0.25) is 0 Å². The molecule has 0 aliphatic carbocycles. The zero-order valence-electron chi connectivity index (χ0n) is 22.7. The van der Waals surface area contributed by atoms with Gasteiger partial charge in [0.15, 0.2) is 5.65 Å². The highest BCUT2D eigenvalue weighted by atomic mass is 16.2. The Kier molecular flexibility index (Phi) is 6.85. The third kappa shape index (κ3) is 4.91. The summed E-state index contributed by atoms with van der Waals surface area (Å²) in [6.45, 7) is 7.26. The Morgan fingerprint density at radius 1 is 1.10 bits per heavy atom. The SMILES string of the molecule is CC(C)c1c(-c2ccnc3[nH]ncc23)[nH]c2ccc(C3CCN(C(=O)CN4CCC[C@H]4CC(N)=O)CC3)cc12. The molecule has 4 N–H and O–H groups in total. The molecule has 9 nitrogen and oxygen atoms in total. The first-order chi connectivity index (χ1) is 18.9. The van der Waals surface area contributed by atoms with Crippen molar-refractivity contribution in [1.82, 2.24) is 30.0 Å². The highest BCUT2D eigenvalue weighted by Crippen LogP contribution is 2.39. The number of piperidine rings is 1. The fraction of sp³-hybridized carbons (Fsp3) is 0.467. The van der Waals surface area contributed by atoms with E-state index in [9.17, 15) is 9.59 Å². The Bertz CT molecular complexity index is 1510. The number of nitrogens with zero attached hydrogens (tertiary/aromatic N) is 4. The van der Waals surface area contributed by atoms with Crippen molar-refractivity contribution < 1.29 is 9.59 Å². The average Bonchev–Trinajstić information content (AvgIpc) is 3.66. The van der Waals surface area contributed by atoms with Crippen LogP contribution in [-0.2, 0) is 9.59 Å². The van der Waals surface area contributed by atoms with E-state index in [2.05, 4.69) is 63.2 Å². The number of likely N-dealkylation sites (tertiary alicyclic amines) is 2. The first kappa shape index (κ1) is 25.6. The number of hydrogen-bond acceptors (Lipinski definition) is 5. The second-order valence-corrected chi connectivity index (χ2v) is 11.5. The van der Waals surface area contributed by atoms with Gasteiger partial charge in [-0.15, -0.1) is 0 Å². The van der Waals surface area contributed by atoms with Crippen molar-refractivity contribution in [3.63, 3.8) is 0 Å². The van der Waals surface area contributed by atoms with Crippen LogP contribution in [0.3, 0.4) is 0 Å². The first-order valence-electron chi connectivity index (χ1n) is 14.1. The molecule has 9 heteroatoms. The van der Waals surface area contributed by atoms with Crippen molar-refractivity contribution in [1.29, 1.82) is 0 Å². The normalized spacial score (nSPS) is 19.1. The number of fused-ring (bicyclic) bond motifs is 2. The molecule has 1 atom stereocenters. The van der Waals surface area contributed by atoms with Crippen molar-refractivity contribution in [3.05, 3.63) is 47.8 Å². The molecule has 2 aliphatic heterocycles. The van der Waals surface area contributed by atoms with Gasteiger partial charge in [0, 0.05) is 53.6 Å². The molecule has 0 unspecified atom stereocenters. The van der Waals surface area contributed by atoms with E-state index >= 15 is 0 Å². The number of primary amides is 1. The van der Waals surface area contributed by atoms with Gasteiger partial charge in [0.1, 0.15) is 0 Å². The maximum atomic E-state index is 13.1. The van der Waals surface area contributed by atoms with Gasteiger partial charge >= 0.3 is 0 Å². The fourth-order valence-electron chi connectivity index (χ4n) is 6.67. The second kappa shape index (κ2) is 10.4. The summed E-state index contributed by atoms with van der Waals surface area (Å²) < 4.78 is 0. The van der Waals surface area contributed by atoms with E-state index in [-0.39, 0.29) is 17.9 Å². The van der Waals surface area contributed by atoms with Crippen LogP contribution in [0.25, 0.3) is 33.2 Å². The minimum Gasteiger partial charge on any atom is -0.370 e. The minimum atomic E-state index is -0.289. The number of amides is 2. The first-order valence-corrected chi connectivity index (χ1v) is 14.1. The predicted molar refractivity (Wildman–Crippen MR) is 152 cm³/mol. The van der Waals surface area contributed by atoms with Gasteiger partial charge in [0.2, 0.25) is 11.8 Å². The van der Waals surface area contributed by atoms with Gasteiger partial charge < -0.3 is 15.6 Å². The number of carbonyl (C=O) groups is 2. The van der Waals surface area contributed by atoms with E-state index in [0.29, 0.717) is 24.8 Å². The molecule has 2 fully saturated rings. The number of nitrogens with one attached hydrogen (secondary N) is 2. The van der Waals surface area contributed by atoms with Crippen LogP contribution in [0, 0.1) is 0 Å². The largest absolute Gasteiger partial charge is 0.370 e. The number of aromatic nitrogens is 4. The molecule has 0 saturated carbocycles. The van der Waals surface area contributed by atoms with Crippen LogP contribution in [-0.4, -0.2) is 74.0 Å². The molecule has 6 rings (SSSR count). The number of hydrogen-bond donors (Lipinski definition) is 3. The van der Waals surface area contributed by atoms with Crippen molar-refractivity contribution in [2.24, 2.45) is 5.73 Å². The smallest absolute Gasteiger partial charge is 0.236 e. The van der Waals surface area contributed by atoms with Gasteiger partial charge in [-0.25, -0.2) is 4.98 Å². The summed E-state index contributed by atoms with van der Waals surface area (Å²) in [5, 5.41) is 9.46. The van der Waals surface area contributed by atoms with Gasteiger partial charge in [-0.05, 0) is 73.4 Å². The van der Waals surface area contributed by atoms with Gasteiger partial charge in [-0.2, -0.15) is 5.10 Å². The monoisotopic (exact) mass is 527 g/mol. The molecule has 2 aliphatic rings. The standard InChI is InChI=1S/C30H37N7O2/c1-18(2)28-23-14-20(5-6-25(23)34-29(28)22-7-10-32-30-24(22)16-33-35-30)19-8-12-36(13-9-19)27(39)17-37-11-3-4-21(37)15-26(31)38/h5-7,10,14,16,18-19,21,34H,3-4,8-9,11-13,15,17H2,1-2H3,(H2,31,38)(H,32,33,35)/t21-/m0/s1. The molecule has 2 amide bonds. The van der Waals surface area contributed by atoms with Gasteiger partial charge in [-0.3, -0.25) is 19.6 Å². The predicted octanol–water partition coefficient (Wildman–Crippen LogP) is 4.28. The van der Waals surface area contributed by atoms with E-state index in [0.717, 1.165) is 73.1 Å². The highest BCUT2D eigenvalue weighted by molar-refractivity contribution is 5.98. The molecule has 3 aromatic heterocycles. The number of benzene rings is 1. The van der Waals surface area contributed by atoms with Gasteiger partial charge in [0.05, 0.1) is 18.4 Å². The number of aromatic amines is 2. The number of nitrogens with two attached hydrogens (primary N) is 1. The van der Waals surface area contributed by atoms with Crippen LogP contribution in [0.1, 0.15) is 68.9 Å². The summed E-state index contributed by atoms with van der Waals surface area (Å²) in [6.07, 6.45) is 7.87. The Hall–Kier alpha value is -3.72. The number of pyridine rings is 1. The molecule has 1 aromatic carbocycles. The summed E-state index contributed by atoms with van der Waals surface area (Å²) in [7, 11) is 0. The summed E-state index contributed by atoms with van der Waals surface area (Å²) in [6, 6.07) is 8.97. The molecule has 2 saturated heterocycles. The average molecular weight is 528 g/mol. The molecule has 0 radical (unpaired) electrons. The van der Waals surface area contributed by atoms with Crippen molar-refractivity contribution in [2.75, 3.05) is 26.2 Å². The fourth-order valence-corrected chi connectivity index (χ4v) is 6.67. The van der Waals surface area contributed by atoms with Crippen LogP contribution >= 0.6 is 0 Å². The molecule has 0 bridgehead atoms. The van der Waals surface area contributed by atoms with Crippen molar-refractivity contribution in [2.45, 2.75) is 63.8 Å². The summed E-state index contributed by atoms with van der Waals surface area (Å²) >= 11 is 0. The summed E-state index contributed by atoms with van der Waals surface area (Å²) in [5.74, 6) is 0.638. The minimum absolute atomic E-state index is 0.105. The lowest BCUT2D eigenvalue weighted by Gasteiger charge is -2.34. The summed E-state index contributed by atoms with van der Waals surface area (Å²) in [5.41, 5.74) is 12.2. The van der Waals surface area contributed by atoms with Crippen LogP contribution in [0.5, 0.6) is 0 Å².